The van der Waals surface area contributed by atoms with Crippen LogP contribution >= 0.6 is 0 Å². The van der Waals surface area contributed by atoms with Crippen LogP contribution in [0.4, 0.5) is 23.4 Å². The van der Waals surface area contributed by atoms with Crippen molar-refractivity contribution in [3.63, 3.8) is 0 Å². The van der Waals surface area contributed by atoms with Gasteiger partial charge >= 0.3 is 6.18 Å². The molecule has 6 heteroatoms. The summed E-state index contributed by atoms with van der Waals surface area (Å²) >= 11 is 0. The number of alkyl halides is 3. The molecule has 1 aromatic heterocycles. The van der Waals surface area contributed by atoms with Gasteiger partial charge < -0.3 is 5.73 Å². The van der Waals surface area contributed by atoms with Crippen molar-refractivity contribution >= 4 is 5.82 Å². The number of halogens is 4. The summed E-state index contributed by atoms with van der Waals surface area (Å²) in [7, 11) is 0. The van der Waals surface area contributed by atoms with Crippen LogP contribution < -0.4 is 5.73 Å². The minimum absolute atomic E-state index is 0.610. The molecule has 0 amide bonds. The largest absolute Gasteiger partial charge is 0.422 e. The Kier molecular flexibility index (Phi) is 1.91. The van der Waals surface area contributed by atoms with E-state index in [1.165, 1.54) is 0 Å². The number of hydrogen-bond acceptors (Lipinski definition) is 2. The molecule has 0 fully saturated rings. The van der Waals surface area contributed by atoms with Gasteiger partial charge in [0.1, 0.15) is 17.2 Å². The first-order chi connectivity index (χ1) is 5.43. The van der Waals surface area contributed by atoms with Crippen LogP contribution in [0.1, 0.15) is 5.56 Å². The first kappa shape index (κ1) is 8.76. The third kappa shape index (κ3) is 1.46. The minimum atomic E-state index is -4.79. The van der Waals surface area contributed by atoms with E-state index in [1.807, 2.05) is 0 Å². The summed E-state index contributed by atoms with van der Waals surface area (Å²) in [5.74, 6) is -2.25. The van der Waals surface area contributed by atoms with Crippen LogP contribution in [0.3, 0.4) is 0 Å². The van der Waals surface area contributed by atoms with Crippen LogP contribution in [-0.4, -0.2) is 4.98 Å². The summed E-state index contributed by atoms with van der Waals surface area (Å²) in [6.45, 7) is 0. The second-order valence-electron chi connectivity index (χ2n) is 2.05. The van der Waals surface area contributed by atoms with Gasteiger partial charge in [-0.25, -0.2) is 9.37 Å². The highest BCUT2D eigenvalue weighted by molar-refractivity contribution is 5.41. The Morgan fingerprint density at radius 1 is 1.33 bits per heavy atom. The van der Waals surface area contributed by atoms with Gasteiger partial charge in [-0.15, -0.1) is 0 Å². The predicted molar refractivity (Wildman–Crippen MR) is 33.6 cm³/mol. The number of pyridine rings is 1. The summed E-state index contributed by atoms with van der Waals surface area (Å²) in [4.78, 5) is 3.12. The average molecular weight is 180 g/mol. The molecule has 1 heterocycles. The smallest absolute Gasteiger partial charge is 0.383 e. The molecule has 0 radical (unpaired) electrons. The fraction of sp³-hybridized carbons (Fsp3) is 0.167. The van der Waals surface area contributed by atoms with E-state index in [1.54, 1.807) is 0 Å². The molecule has 1 aromatic rings. The molecule has 0 aliphatic carbocycles. The molecule has 0 saturated carbocycles. The van der Waals surface area contributed by atoms with Crippen LogP contribution in [0.15, 0.2) is 12.3 Å². The van der Waals surface area contributed by atoms with E-state index in [0.29, 0.717) is 6.07 Å². The summed E-state index contributed by atoms with van der Waals surface area (Å²) in [5, 5.41) is 0. The van der Waals surface area contributed by atoms with Crippen molar-refractivity contribution in [1.82, 2.24) is 4.98 Å². The molecule has 0 aliphatic rings. The molecule has 2 nitrogen and oxygen atoms in total. The zero-order chi connectivity index (χ0) is 9.35. The van der Waals surface area contributed by atoms with Crippen molar-refractivity contribution in [2.45, 2.75) is 6.18 Å². The average Bonchev–Trinajstić information content (AvgIpc) is 1.82. The van der Waals surface area contributed by atoms with E-state index in [9.17, 15) is 17.6 Å². The lowest BCUT2D eigenvalue weighted by Crippen LogP contribution is -2.12. The maximum absolute atomic E-state index is 12.5. The number of rotatable bonds is 0. The maximum Gasteiger partial charge on any atom is 0.422 e. The van der Waals surface area contributed by atoms with Crippen LogP contribution in [0.5, 0.6) is 0 Å². The van der Waals surface area contributed by atoms with Crippen molar-refractivity contribution < 1.29 is 17.6 Å². The second kappa shape index (κ2) is 2.62. The van der Waals surface area contributed by atoms with E-state index in [-0.39, 0.29) is 0 Å². The summed E-state index contributed by atoms with van der Waals surface area (Å²) in [5.41, 5.74) is 3.33. The van der Waals surface area contributed by atoms with Crippen molar-refractivity contribution in [2.75, 3.05) is 5.73 Å². The normalized spacial score (nSPS) is 11.7. The van der Waals surface area contributed by atoms with Crippen LogP contribution in [0.2, 0.25) is 0 Å². The van der Waals surface area contributed by atoms with E-state index in [2.05, 4.69) is 4.98 Å². The Balaban J connectivity index is 3.31. The molecule has 0 saturated heterocycles. The van der Waals surface area contributed by atoms with Gasteiger partial charge in [0.05, 0.1) is 0 Å². The van der Waals surface area contributed by atoms with Gasteiger partial charge in [-0.05, 0) is 6.07 Å². The topological polar surface area (TPSA) is 38.9 Å². The molecule has 66 valence electrons. The first-order valence-corrected chi connectivity index (χ1v) is 2.90. The number of hydrogen-bond donors (Lipinski definition) is 1. The highest BCUT2D eigenvalue weighted by Crippen LogP contribution is 2.33. The van der Waals surface area contributed by atoms with Gasteiger partial charge in [0.15, 0.2) is 0 Å². The standard InChI is InChI=1S/C6H4F4N2/c7-3-1-2-12-5(11)4(3)6(8,9)10/h1-2H,(H2,11,12). The zero-order valence-electron chi connectivity index (χ0n) is 5.69. The highest BCUT2D eigenvalue weighted by atomic mass is 19.4. The zero-order valence-corrected chi connectivity index (χ0v) is 5.69. The Labute approximate surface area is 65.0 Å². The molecule has 0 atom stereocenters. The molecule has 1 rings (SSSR count). The molecule has 0 aromatic carbocycles. The number of nitrogen functional groups attached to an aromatic ring is 1. The highest BCUT2D eigenvalue weighted by Gasteiger charge is 2.36. The van der Waals surface area contributed by atoms with Crippen molar-refractivity contribution in [3.05, 3.63) is 23.6 Å². The SMILES string of the molecule is Nc1nccc(F)c1C(F)(F)F. The Morgan fingerprint density at radius 2 is 1.92 bits per heavy atom. The van der Waals surface area contributed by atoms with Gasteiger partial charge in [0.25, 0.3) is 0 Å². The summed E-state index contributed by atoms with van der Waals surface area (Å²) in [6, 6.07) is 0.610. The van der Waals surface area contributed by atoms with Gasteiger partial charge in [-0.2, -0.15) is 13.2 Å². The fourth-order valence-corrected chi connectivity index (χ4v) is 0.734. The van der Waals surface area contributed by atoms with Gasteiger partial charge in [-0.3, -0.25) is 0 Å². The van der Waals surface area contributed by atoms with Crippen LogP contribution in [0.25, 0.3) is 0 Å². The lowest BCUT2D eigenvalue weighted by molar-refractivity contribution is -0.139. The van der Waals surface area contributed by atoms with Crippen molar-refractivity contribution in [2.24, 2.45) is 0 Å². The Hall–Kier alpha value is -1.33. The third-order valence-corrected chi connectivity index (χ3v) is 1.21. The second-order valence-corrected chi connectivity index (χ2v) is 2.05. The molecular weight excluding hydrogens is 176 g/mol. The molecule has 0 bridgehead atoms. The van der Waals surface area contributed by atoms with E-state index >= 15 is 0 Å². The predicted octanol–water partition coefficient (Wildman–Crippen LogP) is 1.82. The molecule has 12 heavy (non-hydrogen) atoms. The number of anilines is 1. The molecule has 0 aliphatic heterocycles. The molecule has 2 N–H and O–H groups in total. The molecule has 0 unspecified atom stereocenters. The maximum atomic E-state index is 12.5. The number of aromatic nitrogens is 1. The number of nitrogens with two attached hydrogens (primary N) is 1. The van der Waals surface area contributed by atoms with Crippen LogP contribution in [-0.2, 0) is 6.18 Å². The van der Waals surface area contributed by atoms with Gasteiger partial charge in [-0.1, -0.05) is 0 Å². The minimum Gasteiger partial charge on any atom is -0.383 e. The van der Waals surface area contributed by atoms with E-state index in [4.69, 9.17) is 5.73 Å². The van der Waals surface area contributed by atoms with E-state index < -0.39 is 23.4 Å². The molecule has 0 spiro atoms. The fourth-order valence-electron chi connectivity index (χ4n) is 0.734. The first-order valence-electron chi connectivity index (χ1n) is 2.90. The molecular formula is C6H4F4N2. The third-order valence-electron chi connectivity index (χ3n) is 1.21. The Morgan fingerprint density at radius 3 is 2.25 bits per heavy atom. The monoisotopic (exact) mass is 180 g/mol. The van der Waals surface area contributed by atoms with Crippen molar-refractivity contribution in [1.29, 1.82) is 0 Å². The Bertz CT molecular complexity index is 274. The quantitative estimate of drug-likeness (QED) is 0.618. The van der Waals surface area contributed by atoms with Gasteiger partial charge in [0, 0.05) is 6.20 Å². The lowest BCUT2D eigenvalue weighted by Gasteiger charge is -2.08. The van der Waals surface area contributed by atoms with Crippen LogP contribution in [0, 0.1) is 5.82 Å². The summed E-state index contributed by atoms with van der Waals surface area (Å²) in [6.07, 6.45) is -3.91. The lowest BCUT2D eigenvalue weighted by atomic mass is 10.2. The number of nitrogens with zero attached hydrogens (tertiary/aromatic N) is 1. The van der Waals surface area contributed by atoms with Gasteiger partial charge in [0.2, 0.25) is 0 Å². The summed E-state index contributed by atoms with van der Waals surface area (Å²) < 4.78 is 48.4. The van der Waals surface area contributed by atoms with E-state index in [0.717, 1.165) is 6.20 Å². The van der Waals surface area contributed by atoms with Crippen molar-refractivity contribution in [3.8, 4) is 0 Å².